The summed E-state index contributed by atoms with van der Waals surface area (Å²) in [4.78, 5) is 29.9. The average Bonchev–Trinajstić information content (AvgIpc) is 3.03. The van der Waals surface area contributed by atoms with E-state index in [9.17, 15) is 18.0 Å². The number of carbonyl (C=O) groups excluding carboxylic acids is 2. The lowest BCUT2D eigenvalue weighted by Crippen LogP contribution is -2.54. The molecule has 0 saturated heterocycles. The van der Waals surface area contributed by atoms with Gasteiger partial charge in [-0.25, -0.2) is 8.42 Å². The number of sulfonamides is 1. The number of hydrogen-bond acceptors (Lipinski definition) is 4. The van der Waals surface area contributed by atoms with Crippen molar-refractivity contribution in [2.24, 2.45) is 0 Å². The van der Waals surface area contributed by atoms with E-state index >= 15 is 0 Å². The Hall–Kier alpha value is -3.22. The third-order valence-corrected chi connectivity index (χ3v) is 10.3. The van der Waals surface area contributed by atoms with E-state index in [1.165, 1.54) is 17.0 Å². The van der Waals surface area contributed by atoms with Gasteiger partial charge in [-0.2, -0.15) is 0 Å². The number of anilines is 1. The molecule has 4 aromatic carbocycles. The molecule has 0 aliphatic rings. The monoisotopic (exact) mass is 787 g/mol. The molecule has 0 spiro atoms. The summed E-state index contributed by atoms with van der Waals surface area (Å²) in [6, 6.07) is 31.1. The maximum atomic E-state index is 14.5. The zero-order valence-electron chi connectivity index (χ0n) is 24.6. The quantitative estimate of drug-likeness (QED) is 0.151. The lowest BCUT2D eigenvalue weighted by molar-refractivity contribution is -0.140. The molecule has 4 aromatic rings. The Morgan fingerprint density at radius 3 is 2.02 bits per heavy atom. The van der Waals surface area contributed by atoms with Gasteiger partial charge in [-0.15, -0.1) is 0 Å². The maximum Gasteiger partial charge on any atom is 0.264 e. The predicted octanol–water partition coefficient (Wildman–Crippen LogP) is 6.80. The van der Waals surface area contributed by atoms with Crippen molar-refractivity contribution in [1.82, 2.24) is 10.2 Å². The number of nitrogens with one attached hydrogen (secondary N) is 1. The van der Waals surface area contributed by atoms with Crippen LogP contribution in [0.15, 0.2) is 119 Å². The van der Waals surface area contributed by atoms with Crippen LogP contribution in [0.1, 0.15) is 31.4 Å². The highest BCUT2D eigenvalue weighted by atomic mass is 127. The Labute approximate surface area is 282 Å². The summed E-state index contributed by atoms with van der Waals surface area (Å²) in [6.07, 6.45) is 0.987. The first-order valence-corrected chi connectivity index (χ1v) is 17.6. The van der Waals surface area contributed by atoms with Crippen molar-refractivity contribution in [3.8, 4) is 0 Å². The van der Waals surface area contributed by atoms with Gasteiger partial charge in [-0.3, -0.25) is 13.9 Å². The molecule has 0 aromatic heterocycles. The smallest absolute Gasteiger partial charge is 0.264 e. The molecule has 0 aliphatic heterocycles. The van der Waals surface area contributed by atoms with Crippen LogP contribution < -0.4 is 9.62 Å². The van der Waals surface area contributed by atoms with Crippen molar-refractivity contribution in [2.75, 3.05) is 10.8 Å². The number of amides is 2. The van der Waals surface area contributed by atoms with Gasteiger partial charge in [0.2, 0.25) is 11.8 Å². The van der Waals surface area contributed by atoms with Crippen molar-refractivity contribution < 1.29 is 18.0 Å². The number of rotatable bonds is 13. The van der Waals surface area contributed by atoms with E-state index in [1.807, 2.05) is 68.4 Å². The standard InChI is InChI=1S/C34H35BrIN3O4S/c1-3-25(2)37-34(41)32(22-26-10-6-4-7-11-26)38(23-27-14-16-28(35)17-15-27)33(40)24-39(30-20-18-29(36)19-21-30)44(42,43)31-12-8-5-9-13-31/h4-21,25,32H,3,22-24H2,1-2H3,(H,37,41)/t25-,32+/m1/s1. The van der Waals surface area contributed by atoms with Crippen LogP contribution >= 0.6 is 38.5 Å². The van der Waals surface area contributed by atoms with Gasteiger partial charge in [0.05, 0.1) is 10.6 Å². The zero-order valence-corrected chi connectivity index (χ0v) is 29.1. The SMILES string of the molecule is CC[C@@H](C)NC(=O)[C@H](Cc1ccccc1)N(Cc1ccc(Br)cc1)C(=O)CN(c1ccc(I)cc1)S(=O)(=O)c1ccccc1. The van der Waals surface area contributed by atoms with E-state index in [0.29, 0.717) is 5.69 Å². The number of hydrogen-bond donors (Lipinski definition) is 1. The highest BCUT2D eigenvalue weighted by Crippen LogP contribution is 2.26. The first-order valence-electron chi connectivity index (χ1n) is 14.3. The molecule has 4 rings (SSSR count). The Bertz CT molecular complexity index is 1640. The van der Waals surface area contributed by atoms with E-state index in [1.54, 1.807) is 42.5 Å². The molecule has 10 heteroatoms. The van der Waals surface area contributed by atoms with Crippen LogP contribution in [0.5, 0.6) is 0 Å². The number of benzene rings is 4. The van der Waals surface area contributed by atoms with Gasteiger partial charge in [0, 0.05) is 27.1 Å². The topological polar surface area (TPSA) is 86.8 Å². The summed E-state index contributed by atoms with van der Waals surface area (Å²) in [7, 11) is -4.13. The lowest BCUT2D eigenvalue weighted by atomic mass is 10.0. The predicted molar refractivity (Wildman–Crippen MR) is 187 cm³/mol. The minimum Gasteiger partial charge on any atom is -0.352 e. The fraction of sp³-hybridized carbons (Fsp3) is 0.235. The van der Waals surface area contributed by atoms with Gasteiger partial charge in [0.25, 0.3) is 10.0 Å². The highest BCUT2D eigenvalue weighted by Gasteiger charge is 2.35. The summed E-state index contributed by atoms with van der Waals surface area (Å²) < 4.78 is 31.0. The summed E-state index contributed by atoms with van der Waals surface area (Å²) in [5.74, 6) is -0.786. The van der Waals surface area contributed by atoms with E-state index < -0.39 is 28.5 Å². The minimum absolute atomic E-state index is 0.0705. The van der Waals surface area contributed by atoms with E-state index in [2.05, 4.69) is 43.8 Å². The maximum absolute atomic E-state index is 14.5. The van der Waals surface area contributed by atoms with Gasteiger partial charge in [0.1, 0.15) is 12.6 Å². The molecule has 230 valence electrons. The molecule has 44 heavy (non-hydrogen) atoms. The fourth-order valence-electron chi connectivity index (χ4n) is 4.64. The van der Waals surface area contributed by atoms with Crippen molar-refractivity contribution in [1.29, 1.82) is 0 Å². The van der Waals surface area contributed by atoms with Gasteiger partial charge in [-0.1, -0.05) is 83.5 Å². The first-order chi connectivity index (χ1) is 21.1. The summed E-state index contributed by atoms with van der Waals surface area (Å²) in [6.45, 7) is 3.53. The minimum atomic E-state index is -4.13. The first kappa shape index (κ1) is 33.7. The molecule has 0 aliphatic carbocycles. The van der Waals surface area contributed by atoms with E-state index in [-0.39, 0.29) is 29.8 Å². The molecule has 0 unspecified atom stereocenters. The van der Waals surface area contributed by atoms with Crippen LogP contribution in [0.4, 0.5) is 5.69 Å². The zero-order chi connectivity index (χ0) is 31.7. The van der Waals surface area contributed by atoms with Crippen LogP contribution in [0.25, 0.3) is 0 Å². The summed E-state index contributed by atoms with van der Waals surface area (Å²) in [5, 5.41) is 3.05. The fourth-order valence-corrected chi connectivity index (χ4v) is 6.70. The largest absolute Gasteiger partial charge is 0.352 e. The normalized spacial score (nSPS) is 12.6. The molecule has 7 nitrogen and oxygen atoms in total. The van der Waals surface area contributed by atoms with E-state index in [0.717, 1.165) is 29.9 Å². The van der Waals surface area contributed by atoms with Crippen LogP contribution in [-0.4, -0.2) is 43.8 Å². The molecule has 0 saturated carbocycles. The molecule has 1 N–H and O–H groups in total. The molecule has 0 fully saturated rings. The van der Waals surface area contributed by atoms with Crippen molar-refractivity contribution >= 4 is 66.0 Å². The second kappa shape index (κ2) is 15.7. The lowest BCUT2D eigenvalue weighted by Gasteiger charge is -2.34. The second-order valence-electron chi connectivity index (χ2n) is 10.5. The van der Waals surface area contributed by atoms with Crippen molar-refractivity contribution in [2.45, 2.75) is 50.2 Å². The van der Waals surface area contributed by atoms with Gasteiger partial charge >= 0.3 is 0 Å². The van der Waals surface area contributed by atoms with Crippen LogP contribution in [0.2, 0.25) is 0 Å². The summed E-state index contributed by atoms with van der Waals surface area (Å²) >= 11 is 5.61. The number of halogens is 2. The van der Waals surface area contributed by atoms with Crippen molar-refractivity contribution in [3.05, 3.63) is 128 Å². The molecule has 2 atom stereocenters. The Kier molecular flexibility index (Phi) is 12.0. The molecule has 0 bridgehead atoms. The van der Waals surface area contributed by atoms with Gasteiger partial charge in [0.15, 0.2) is 0 Å². The Morgan fingerprint density at radius 2 is 1.43 bits per heavy atom. The molecule has 0 radical (unpaired) electrons. The third-order valence-electron chi connectivity index (χ3n) is 7.26. The number of carbonyl (C=O) groups is 2. The Morgan fingerprint density at radius 1 is 0.841 bits per heavy atom. The van der Waals surface area contributed by atoms with Gasteiger partial charge < -0.3 is 10.2 Å². The molecule has 0 heterocycles. The molecular weight excluding hydrogens is 753 g/mol. The van der Waals surface area contributed by atoms with Crippen LogP contribution in [0.3, 0.4) is 0 Å². The average molecular weight is 789 g/mol. The second-order valence-corrected chi connectivity index (χ2v) is 14.5. The highest BCUT2D eigenvalue weighted by molar-refractivity contribution is 14.1. The van der Waals surface area contributed by atoms with Gasteiger partial charge in [-0.05, 0) is 95.6 Å². The molecular formula is C34H35BrIN3O4S. The number of nitrogens with zero attached hydrogens (tertiary/aromatic N) is 2. The van der Waals surface area contributed by atoms with Crippen LogP contribution in [0, 0.1) is 3.57 Å². The third kappa shape index (κ3) is 8.92. The molecule has 2 amide bonds. The summed E-state index contributed by atoms with van der Waals surface area (Å²) in [5.41, 5.74) is 2.05. The Balaban J connectivity index is 1.79. The van der Waals surface area contributed by atoms with E-state index in [4.69, 9.17) is 0 Å². The van der Waals surface area contributed by atoms with Crippen LogP contribution in [-0.2, 0) is 32.6 Å². The van der Waals surface area contributed by atoms with Crippen molar-refractivity contribution in [3.63, 3.8) is 0 Å².